The van der Waals surface area contributed by atoms with E-state index in [1.165, 1.54) is 11.0 Å². The van der Waals surface area contributed by atoms with E-state index in [2.05, 4.69) is 44.6 Å². The minimum atomic E-state index is -4.83. The van der Waals surface area contributed by atoms with Crippen molar-refractivity contribution in [3.8, 4) is 11.8 Å². The molecule has 0 radical (unpaired) electrons. The van der Waals surface area contributed by atoms with Crippen LogP contribution in [0.2, 0.25) is 0 Å². The molecule has 14 nitrogen and oxygen atoms in total. The van der Waals surface area contributed by atoms with Crippen molar-refractivity contribution in [3.05, 3.63) is 71.5 Å². The number of rotatable bonds is 12. The highest BCUT2D eigenvalue weighted by molar-refractivity contribution is 7.81. The van der Waals surface area contributed by atoms with Crippen molar-refractivity contribution in [2.24, 2.45) is 0 Å². The van der Waals surface area contributed by atoms with Gasteiger partial charge >= 0.3 is 6.18 Å². The first-order valence-corrected chi connectivity index (χ1v) is 20.6. The third-order valence-corrected chi connectivity index (χ3v) is 12.3. The first-order chi connectivity index (χ1) is 28.5. The molecule has 60 heavy (non-hydrogen) atoms. The van der Waals surface area contributed by atoms with E-state index in [0.29, 0.717) is 74.7 Å². The van der Waals surface area contributed by atoms with Crippen LogP contribution in [0.4, 0.5) is 35.9 Å². The molecule has 3 aromatic rings. The van der Waals surface area contributed by atoms with Gasteiger partial charge in [-0.2, -0.15) is 18.4 Å². The van der Waals surface area contributed by atoms with Gasteiger partial charge in [-0.25, -0.2) is 4.98 Å². The van der Waals surface area contributed by atoms with Crippen molar-refractivity contribution in [1.82, 2.24) is 20.1 Å². The van der Waals surface area contributed by atoms with Crippen molar-refractivity contribution in [2.45, 2.75) is 88.1 Å². The molecule has 4 amide bonds. The van der Waals surface area contributed by atoms with Gasteiger partial charge in [0.15, 0.2) is 11.2 Å². The number of amides is 4. The summed E-state index contributed by atoms with van der Waals surface area (Å²) in [6, 6.07) is 14.6. The molecular weight excluding hydrogens is 800 g/mol. The second-order valence-corrected chi connectivity index (χ2v) is 16.7. The lowest BCUT2D eigenvalue weighted by Crippen LogP contribution is -2.61. The Kier molecular flexibility index (Phi) is 12.1. The Bertz CT molecular complexity index is 2210. The van der Waals surface area contributed by atoms with Gasteiger partial charge < -0.3 is 20.3 Å². The predicted molar refractivity (Wildman–Crippen MR) is 222 cm³/mol. The van der Waals surface area contributed by atoms with Crippen LogP contribution in [0, 0.1) is 11.3 Å². The van der Waals surface area contributed by atoms with E-state index >= 15 is 0 Å². The van der Waals surface area contributed by atoms with Gasteiger partial charge in [-0.3, -0.25) is 39.2 Å². The Hall–Kier alpha value is -5.38. The van der Waals surface area contributed by atoms with E-state index in [1.54, 1.807) is 24.3 Å². The van der Waals surface area contributed by atoms with Crippen molar-refractivity contribution < 1.29 is 37.1 Å². The van der Waals surface area contributed by atoms with Crippen molar-refractivity contribution in [1.29, 1.82) is 5.26 Å². The van der Waals surface area contributed by atoms with Gasteiger partial charge in [0.1, 0.15) is 30.0 Å². The SMILES string of the molecule is CCc1cc(N2C(S)N(c3cnc(C#N)c(C(F)(F)F)c3)C(=O)C23CCC3)ccc1OCCN1CCN(CC(=O)Nc2cccc(NC3CCC(=O)NC3=O)c2)C(C)(C)C1. The monoisotopic (exact) mass is 847 g/mol. The first-order valence-electron chi connectivity index (χ1n) is 20.0. The number of nitriles is 1. The average molecular weight is 848 g/mol. The lowest BCUT2D eigenvalue weighted by Gasteiger charge is -2.46. The quantitative estimate of drug-likeness (QED) is 0.141. The molecule has 4 heterocycles. The molecule has 2 atom stereocenters. The molecule has 4 fully saturated rings. The van der Waals surface area contributed by atoms with Crippen LogP contribution in [-0.2, 0) is 31.8 Å². The number of piperazine rings is 1. The van der Waals surface area contributed by atoms with Crippen LogP contribution in [0.3, 0.4) is 0 Å². The number of aromatic nitrogens is 1. The van der Waals surface area contributed by atoms with Crippen molar-refractivity contribution in [3.63, 3.8) is 0 Å². The van der Waals surface area contributed by atoms with E-state index in [1.807, 2.05) is 30.0 Å². The van der Waals surface area contributed by atoms with Gasteiger partial charge in [0.05, 0.1) is 24.0 Å². The van der Waals surface area contributed by atoms with Crippen LogP contribution in [-0.4, -0.2) is 100 Å². The predicted octanol–water partition coefficient (Wildman–Crippen LogP) is 5.15. The number of carbonyl (C=O) groups excluding carboxylic acids is 4. The summed E-state index contributed by atoms with van der Waals surface area (Å²) in [6.45, 7) is 9.57. The molecule has 18 heteroatoms. The molecule has 4 aliphatic rings. The third-order valence-electron chi connectivity index (χ3n) is 11.9. The van der Waals surface area contributed by atoms with E-state index in [4.69, 9.17) is 17.4 Å². The van der Waals surface area contributed by atoms with Crippen LogP contribution < -0.4 is 30.5 Å². The summed E-state index contributed by atoms with van der Waals surface area (Å²) in [4.78, 5) is 62.2. The number of nitrogens with one attached hydrogen (secondary N) is 3. The zero-order chi connectivity index (χ0) is 43.0. The molecule has 1 aromatic heterocycles. The van der Waals surface area contributed by atoms with Gasteiger partial charge in [-0.05, 0) is 94.0 Å². The smallest absolute Gasteiger partial charge is 0.419 e. The van der Waals surface area contributed by atoms with Gasteiger partial charge in [0.2, 0.25) is 17.7 Å². The fourth-order valence-electron chi connectivity index (χ4n) is 8.54. The van der Waals surface area contributed by atoms with Gasteiger partial charge in [-0.15, -0.1) is 12.6 Å². The van der Waals surface area contributed by atoms with Gasteiger partial charge in [-0.1, -0.05) is 13.0 Å². The number of piperidine rings is 1. The van der Waals surface area contributed by atoms with Gasteiger partial charge in [0.25, 0.3) is 5.91 Å². The van der Waals surface area contributed by atoms with E-state index < -0.39 is 34.5 Å². The second-order valence-electron chi connectivity index (χ2n) is 16.3. The average Bonchev–Trinajstić information content (AvgIpc) is 3.42. The van der Waals surface area contributed by atoms with E-state index in [0.717, 1.165) is 30.8 Å². The molecule has 7 rings (SSSR count). The number of aryl methyl sites for hydroxylation is 1. The number of halogens is 3. The summed E-state index contributed by atoms with van der Waals surface area (Å²) < 4.78 is 47.8. The minimum Gasteiger partial charge on any atom is -0.492 e. The maximum Gasteiger partial charge on any atom is 0.419 e. The number of hydrogen-bond donors (Lipinski definition) is 4. The highest BCUT2D eigenvalue weighted by Gasteiger charge is 2.60. The molecule has 3 aliphatic heterocycles. The van der Waals surface area contributed by atoms with Crippen LogP contribution in [0.15, 0.2) is 54.7 Å². The zero-order valence-electron chi connectivity index (χ0n) is 33.6. The van der Waals surface area contributed by atoms with Crippen molar-refractivity contribution in [2.75, 3.05) is 59.8 Å². The number of nitrogens with zero attached hydrogens (tertiary/aromatic N) is 6. The summed E-state index contributed by atoms with van der Waals surface area (Å²) in [5.74, 6) is -0.476. The summed E-state index contributed by atoms with van der Waals surface area (Å²) in [7, 11) is 0. The Morgan fingerprint density at radius 2 is 1.85 bits per heavy atom. The molecule has 2 aromatic carbocycles. The zero-order valence-corrected chi connectivity index (χ0v) is 34.5. The molecule has 318 valence electrons. The second kappa shape index (κ2) is 16.9. The Balaban J connectivity index is 0.940. The number of imide groups is 1. The standard InChI is InChI=1S/C42H48F3N9O5S/c1-4-26-19-29(54-39(60)53(38(58)41(54)13-6-14-41)30-21-31(42(43,44)45)33(22-46)47-23-30)9-11-34(26)59-18-17-51-15-16-52(40(2,3)25-51)24-36(56)49-28-8-5-7-27(20-28)48-32-10-12-35(55)50-37(32)57/h5,7-9,11,19-21,23,32,39,48,60H,4,6,10,12-18,24-25H2,1-3H3,(H,49,56)(H,50,55,57). The number of pyridine rings is 1. The maximum absolute atomic E-state index is 14.0. The lowest BCUT2D eigenvalue weighted by atomic mass is 9.75. The molecule has 0 bridgehead atoms. The third kappa shape index (κ3) is 8.61. The largest absolute Gasteiger partial charge is 0.492 e. The number of thiol groups is 1. The summed E-state index contributed by atoms with van der Waals surface area (Å²) in [5, 5.41) is 17.7. The molecule has 3 saturated heterocycles. The number of benzene rings is 2. The minimum absolute atomic E-state index is 0.0769. The van der Waals surface area contributed by atoms with Gasteiger partial charge in [0, 0.05) is 55.2 Å². The number of alkyl halides is 3. The van der Waals surface area contributed by atoms with E-state index in [9.17, 15) is 37.6 Å². The fraction of sp³-hybridized carbons (Fsp3) is 0.476. The van der Waals surface area contributed by atoms with Crippen LogP contribution in [0.1, 0.15) is 69.7 Å². The number of carbonyl (C=O) groups is 4. The summed E-state index contributed by atoms with van der Waals surface area (Å²) in [5.41, 5.74) is -1.38. The van der Waals surface area contributed by atoms with E-state index in [-0.39, 0.29) is 47.8 Å². The summed E-state index contributed by atoms with van der Waals surface area (Å²) in [6.07, 6.45) is -0.619. The van der Waals surface area contributed by atoms with Crippen molar-refractivity contribution >= 4 is 59.0 Å². The van der Waals surface area contributed by atoms with Crippen LogP contribution in [0.5, 0.6) is 5.75 Å². The van der Waals surface area contributed by atoms with Crippen LogP contribution in [0.25, 0.3) is 0 Å². The number of anilines is 4. The summed E-state index contributed by atoms with van der Waals surface area (Å²) >= 11 is 4.79. The molecular formula is C42H48F3N9O5S. The Morgan fingerprint density at radius 1 is 1.08 bits per heavy atom. The maximum atomic E-state index is 14.0. The normalized spacial score (nSPS) is 21.7. The number of ether oxygens (including phenoxy) is 1. The first kappa shape index (κ1) is 42.7. The Labute approximate surface area is 351 Å². The Morgan fingerprint density at radius 3 is 2.52 bits per heavy atom. The molecule has 1 spiro atoms. The lowest BCUT2D eigenvalue weighted by molar-refractivity contribution is -0.138. The fourth-order valence-corrected chi connectivity index (χ4v) is 9.13. The number of hydrogen-bond acceptors (Lipinski definition) is 12. The highest BCUT2D eigenvalue weighted by atomic mass is 32.1. The van der Waals surface area contributed by atoms with Crippen LogP contribution >= 0.6 is 12.6 Å². The molecule has 2 unspecified atom stereocenters. The highest BCUT2D eigenvalue weighted by Crippen LogP contribution is 2.51. The molecule has 1 aliphatic carbocycles. The molecule has 1 saturated carbocycles. The topological polar surface area (TPSA) is 163 Å². The molecule has 3 N–H and O–H groups in total.